The molecule has 1 heterocycles. The van der Waals surface area contributed by atoms with Gasteiger partial charge in [-0.3, -0.25) is 8.22 Å². The fourth-order valence-electron chi connectivity index (χ4n) is 0.661. The summed E-state index contributed by atoms with van der Waals surface area (Å²) in [5.74, 6) is 0. The zero-order chi connectivity index (χ0) is 7.61. The van der Waals surface area contributed by atoms with Crippen LogP contribution in [0.15, 0.2) is 17.5 Å². The molecule has 0 aliphatic rings. The van der Waals surface area contributed by atoms with Gasteiger partial charge in [-0.25, -0.2) is 0 Å². The van der Waals surface area contributed by atoms with Gasteiger partial charge < -0.3 is 0 Å². The quantitative estimate of drug-likeness (QED) is 0.482. The molecule has 0 saturated carbocycles. The molecule has 0 unspecified atom stereocenters. The average molecular weight is 178 g/mol. The van der Waals surface area contributed by atoms with Crippen LogP contribution in [0.1, 0.15) is 6.92 Å². The van der Waals surface area contributed by atoms with Crippen LogP contribution >= 0.6 is 11.3 Å². The van der Waals surface area contributed by atoms with Gasteiger partial charge in [-0.15, -0.1) is 11.3 Å². The second-order valence-electron chi connectivity index (χ2n) is 2.04. The summed E-state index contributed by atoms with van der Waals surface area (Å²) in [6, 6.07) is 3.23. The molecule has 0 nitrogen and oxygen atoms in total. The maximum atomic E-state index is 12.9. The maximum Gasteiger partial charge on any atom is 0.464 e. The first kappa shape index (κ1) is 7.88. The average Bonchev–Trinajstić information content (AvgIpc) is 2.38. The molecule has 0 fully saturated rings. The molecule has 0 saturated heterocycles. The van der Waals surface area contributed by atoms with Crippen molar-refractivity contribution in [3.05, 3.63) is 17.5 Å². The molecular weight excluding hydrogens is 170 g/mol. The lowest BCUT2D eigenvalue weighted by Gasteiger charge is -2.05. The van der Waals surface area contributed by atoms with Crippen molar-refractivity contribution < 1.29 is 8.22 Å². The molecule has 0 aromatic carbocycles. The summed E-state index contributed by atoms with van der Waals surface area (Å²) in [6.45, 7) is 1.55. The number of rotatable bonds is 2. The topological polar surface area (TPSA) is 0 Å². The molecule has 0 aliphatic carbocycles. The van der Waals surface area contributed by atoms with Crippen molar-refractivity contribution in [1.29, 1.82) is 0 Å². The Hall–Kier alpha value is -0.223. The molecule has 0 radical (unpaired) electrons. The van der Waals surface area contributed by atoms with Crippen LogP contribution in [-0.4, -0.2) is 8.74 Å². The Kier molecular flexibility index (Phi) is 2.20. The summed E-state index contributed by atoms with van der Waals surface area (Å²) < 4.78 is 26.0. The van der Waals surface area contributed by atoms with E-state index in [9.17, 15) is 8.22 Å². The SMILES string of the molecule is CC[Si](F)(F)c1cccs1. The number of thiophene rings is 1. The van der Waals surface area contributed by atoms with Crippen molar-refractivity contribution in [3.8, 4) is 0 Å². The number of hydrogen-bond acceptors (Lipinski definition) is 1. The predicted octanol–water partition coefficient (Wildman–Crippen LogP) is 2.36. The van der Waals surface area contributed by atoms with Crippen molar-refractivity contribution in [2.45, 2.75) is 13.0 Å². The Labute approximate surface area is 63.9 Å². The van der Waals surface area contributed by atoms with Gasteiger partial charge in [-0.1, -0.05) is 13.0 Å². The zero-order valence-electron chi connectivity index (χ0n) is 5.60. The minimum absolute atomic E-state index is 0.0213. The second kappa shape index (κ2) is 2.80. The molecule has 0 aliphatic heterocycles. The lowest BCUT2D eigenvalue weighted by atomic mass is 10.7. The van der Waals surface area contributed by atoms with Crippen molar-refractivity contribution in [2.24, 2.45) is 0 Å². The van der Waals surface area contributed by atoms with Gasteiger partial charge in [0.2, 0.25) is 0 Å². The van der Waals surface area contributed by atoms with Crippen LogP contribution in [0.5, 0.6) is 0 Å². The summed E-state index contributed by atoms with van der Waals surface area (Å²) in [5.41, 5.74) is 0. The van der Waals surface area contributed by atoms with E-state index in [0.29, 0.717) is 4.50 Å². The Bertz CT molecular complexity index is 196. The van der Waals surface area contributed by atoms with Crippen LogP contribution in [0.25, 0.3) is 0 Å². The normalized spacial score (nSPS) is 11.9. The van der Waals surface area contributed by atoms with E-state index < -0.39 is 8.74 Å². The van der Waals surface area contributed by atoms with Gasteiger partial charge >= 0.3 is 8.74 Å². The highest BCUT2D eigenvalue weighted by atomic mass is 32.1. The van der Waals surface area contributed by atoms with Crippen LogP contribution in [-0.2, 0) is 0 Å². The molecular formula is C6H8F2SSi. The molecule has 0 bridgehead atoms. The molecule has 1 rings (SSSR count). The summed E-state index contributed by atoms with van der Waals surface area (Å²) in [4.78, 5) is 0. The highest BCUT2D eigenvalue weighted by Gasteiger charge is 2.36. The van der Waals surface area contributed by atoms with Gasteiger partial charge in [-0.05, 0) is 11.4 Å². The van der Waals surface area contributed by atoms with Crippen molar-refractivity contribution in [3.63, 3.8) is 0 Å². The van der Waals surface area contributed by atoms with Crippen LogP contribution in [0.3, 0.4) is 0 Å². The molecule has 0 N–H and O–H groups in total. The first-order valence-corrected chi connectivity index (χ1v) is 5.93. The van der Waals surface area contributed by atoms with Crippen LogP contribution < -0.4 is 4.50 Å². The van der Waals surface area contributed by atoms with E-state index in [0.717, 1.165) is 0 Å². The molecule has 10 heavy (non-hydrogen) atoms. The summed E-state index contributed by atoms with van der Waals surface area (Å²) in [6.07, 6.45) is 0. The highest BCUT2D eigenvalue weighted by Crippen LogP contribution is 2.15. The minimum atomic E-state index is -3.98. The van der Waals surface area contributed by atoms with Crippen molar-refractivity contribution in [1.82, 2.24) is 0 Å². The molecule has 0 atom stereocenters. The molecule has 1 aromatic heterocycles. The van der Waals surface area contributed by atoms with Gasteiger partial charge in [0, 0.05) is 6.04 Å². The number of halogens is 2. The Morgan fingerprint density at radius 1 is 1.60 bits per heavy atom. The van der Waals surface area contributed by atoms with E-state index >= 15 is 0 Å². The third kappa shape index (κ3) is 1.43. The monoisotopic (exact) mass is 178 g/mol. The van der Waals surface area contributed by atoms with E-state index in [1.807, 2.05) is 0 Å². The number of hydrogen-bond donors (Lipinski definition) is 0. The minimum Gasteiger partial charge on any atom is -0.264 e. The van der Waals surface area contributed by atoms with Crippen LogP contribution in [0.4, 0.5) is 8.22 Å². The lowest BCUT2D eigenvalue weighted by molar-refractivity contribution is 0.627. The Morgan fingerprint density at radius 3 is 2.70 bits per heavy atom. The molecule has 0 spiro atoms. The first-order valence-electron chi connectivity index (χ1n) is 3.08. The van der Waals surface area contributed by atoms with Crippen molar-refractivity contribution >= 4 is 24.6 Å². The summed E-state index contributed by atoms with van der Waals surface area (Å²) in [7, 11) is -3.98. The van der Waals surface area contributed by atoms with E-state index in [1.165, 1.54) is 17.4 Å². The predicted molar refractivity (Wildman–Crippen MR) is 42.4 cm³/mol. The van der Waals surface area contributed by atoms with Crippen molar-refractivity contribution in [2.75, 3.05) is 0 Å². The van der Waals surface area contributed by atoms with E-state index in [4.69, 9.17) is 0 Å². The van der Waals surface area contributed by atoms with Gasteiger partial charge in [0.05, 0.1) is 4.50 Å². The molecule has 0 amide bonds. The van der Waals surface area contributed by atoms with E-state index in [2.05, 4.69) is 0 Å². The fraction of sp³-hybridized carbons (Fsp3) is 0.333. The van der Waals surface area contributed by atoms with Gasteiger partial charge in [0.25, 0.3) is 0 Å². The largest absolute Gasteiger partial charge is 0.464 e. The third-order valence-electron chi connectivity index (χ3n) is 1.33. The second-order valence-corrected chi connectivity index (χ2v) is 6.00. The summed E-state index contributed by atoms with van der Waals surface area (Å²) in [5, 5.41) is 1.70. The van der Waals surface area contributed by atoms with E-state index in [-0.39, 0.29) is 6.04 Å². The van der Waals surface area contributed by atoms with Gasteiger partial charge in [0.15, 0.2) is 0 Å². The third-order valence-corrected chi connectivity index (χ3v) is 5.03. The highest BCUT2D eigenvalue weighted by molar-refractivity contribution is 7.23. The fourth-order valence-corrected chi connectivity index (χ4v) is 3.14. The molecule has 1 aromatic rings. The van der Waals surface area contributed by atoms with Crippen LogP contribution in [0, 0.1) is 0 Å². The smallest absolute Gasteiger partial charge is 0.264 e. The molecule has 56 valence electrons. The molecule has 4 heteroatoms. The lowest BCUT2D eigenvalue weighted by Crippen LogP contribution is -2.35. The zero-order valence-corrected chi connectivity index (χ0v) is 7.42. The Balaban J connectivity index is 2.85. The van der Waals surface area contributed by atoms with Gasteiger partial charge in [0.1, 0.15) is 0 Å². The van der Waals surface area contributed by atoms with Crippen LogP contribution in [0.2, 0.25) is 6.04 Å². The summed E-state index contributed by atoms with van der Waals surface area (Å²) >= 11 is 1.17. The standard InChI is InChI=1S/C6H8F2SSi/c1-2-10(7,8)6-4-3-5-9-6/h3-5H,2H2,1H3. The maximum absolute atomic E-state index is 12.9. The van der Waals surface area contributed by atoms with Gasteiger partial charge in [-0.2, -0.15) is 0 Å². The Morgan fingerprint density at radius 2 is 2.30 bits per heavy atom. The van der Waals surface area contributed by atoms with E-state index in [1.54, 1.807) is 18.4 Å². The first-order chi connectivity index (χ1) is 4.67.